The largest absolute Gasteiger partial charge is 0.507 e. The molecule has 35 heavy (non-hydrogen) atoms. The lowest BCUT2D eigenvalue weighted by atomic mass is 9.95. The lowest BCUT2D eigenvalue weighted by Gasteiger charge is -2.23. The van der Waals surface area contributed by atoms with Crippen molar-refractivity contribution < 1.29 is 14.7 Å². The highest BCUT2D eigenvalue weighted by Crippen LogP contribution is 2.44. The first kappa shape index (κ1) is 23.3. The fourth-order valence-electron chi connectivity index (χ4n) is 4.21. The van der Waals surface area contributed by atoms with Gasteiger partial charge >= 0.3 is 5.91 Å². The molecule has 1 aliphatic rings. The molecule has 1 atom stereocenters. The average molecular weight is 548 g/mol. The van der Waals surface area contributed by atoms with Crippen molar-refractivity contribution in [3.8, 4) is 0 Å². The highest BCUT2D eigenvalue weighted by Gasteiger charge is 2.48. The van der Waals surface area contributed by atoms with Gasteiger partial charge in [-0.1, -0.05) is 57.6 Å². The number of benzene rings is 3. The van der Waals surface area contributed by atoms with E-state index in [1.807, 2.05) is 80.5 Å². The molecule has 0 radical (unpaired) electrons. The zero-order chi connectivity index (χ0) is 24.9. The Morgan fingerprint density at radius 2 is 1.77 bits per heavy atom. The van der Waals surface area contributed by atoms with Crippen molar-refractivity contribution in [1.82, 2.24) is 4.98 Å². The van der Waals surface area contributed by atoms with E-state index in [1.54, 1.807) is 12.1 Å². The summed E-state index contributed by atoms with van der Waals surface area (Å²) in [5.74, 6) is -1.64. The van der Waals surface area contributed by atoms with Crippen LogP contribution in [0, 0.1) is 6.92 Å². The highest BCUT2D eigenvalue weighted by molar-refractivity contribution is 9.10. The molecular formula is C27H22BrN3O3S. The minimum absolute atomic E-state index is 0.0496. The molecule has 6 nitrogen and oxygen atoms in total. The number of aromatic nitrogens is 1. The summed E-state index contributed by atoms with van der Waals surface area (Å²) in [7, 11) is 3.89. The van der Waals surface area contributed by atoms with Crippen LogP contribution < -0.4 is 9.80 Å². The molecule has 0 aliphatic carbocycles. The molecule has 1 N–H and O–H groups in total. The molecule has 1 fully saturated rings. The number of aliphatic hydroxyl groups excluding tert-OH is 1. The number of halogens is 1. The third kappa shape index (κ3) is 4.02. The molecule has 8 heteroatoms. The van der Waals surface area contributed by atoms with Crippen LogP contribution in [0.15, 0.2) is 76.8 Å². The molecule has 3 aromatic carbocycles. The number of aliphatic hydroxyl groups is 1. The molecule has 0 bridgehead atoms. The number of ketones is 1. The van der Waals surface area contributed by atoms with Gasteiger partial charge in [0.2, 0.25) is 0 Å². The summed E-state index contributed by atoms with van der Waals surface area (Å²) in [6, 6.07) is 19.7. The number of amides is 1. The number of anilines is 2. The van der Waals surface area contributed by atoms with Crippen LogP contribution in [0.4, 0.5) is 10.8 Å². The molecule has 1 aliphatic heterocycles. The number of aryl methyl sites for hydroxylation is 1. The maximum absolute atomic E-state index is 13.4. The van der Waals surface area contributed by atoms with Crippen LogP contribution in [0.5, 0.6) is 0 Å². The number of fused-ring (bicyclic) bond motifs is 1. The maximum Gasteiger partial charge on any atom is 0.301 e. The molecule has 0 spiro atoms. The van der Waals surface area contributed by atoms with Gasteiger partial charge in [0.1, 0.15) is 5.76 Å². The number of carbonyl (C=O) groups is 2. The minimum atomic E-state index is -0.810. The van der Waals surface area contributed by atoms with Crippen molar-refractivity contribution in [2.24, 2.45) is 0 Å². The summed E-state index contributed by atoms with van der Waals surface area (Å²) < 4.78 is 1.80. The normalized spacial score (nSPS) is 17.4. The number of hydrogen-bond acceptors (Lipinski definition) is 6. The van der Waals surface area contributed by atoms with Gasteiger partial charge in [-0.2, -0.15) is 0 Å². The van der Waals surface area contributed by atoms with E-state index < -0.39 is 17.7 Å². The Kier molecular flexibility index (Phi) is 5.94. The smallest absolute Gasteiger partial charge is 0.301 e. The lowest BCUT2D eigenvalue weighted by Crippen LogP contribution is -2.29. The second-order valence-corrected chi connectivity index (χ2v) is 10.4. The number of para-hydroxylation sites is 1. The minimum Gasteiger partial charge on any atom is -0.507 e. The first-order valence-electron chi connectivity index (χ1n) is 11.0. The second-order valence-electron chi connectivity index (χ2n) is 8.58. The molecule has 4 aromatic rings. The van der Waals surface area contributed by atoms with Gasteiger partial charge in [0.15, 0.2) is 5.13 Å². The molecule has 0 saturated carbocycles. The van der Waals surface area contributed by atoms with E-state index >= 15 is 0 Å². The van der Waals surface area contributed by atoms with E-state index in [0.717, 1.165) is 25.9 Å². The summed E-state index contributed by atoms with van der Waals surface area (Å²) in [6.07, 6.45) is 0. The van der Waals surface area contributed by atoms with Crippen LogP contribution in [0.3, 0.4) is 0 Å². The summed E-state index contributed by atoms with van der Waals surface area (Å²) in [4.78, 5) is 34.8. The van der Waals surface area contributed by atoms with E-state index in [0.29, 0.717) is 16.3 Å². The third-order valence-corrected chi connectivity index (χ3v) is 8.02. The topological polar surface area (TPSA) is 73.7 Å². The molecule has 176 valence electrons. The predicted molar refractivity (Wildman–Crippen MR) is 144 cm³/mol. The number of nitrogens with zero attached hydrogens (tertiary/aromatic N) is 3. The van der Waals surface area contributed by atoms with Gasteiger partial charge in [-0.3, -0.25) is 14.5 Å². The van der Waals surface area contributed by atoms with Gasteiger partial charge in [-0.25, -0.2) is 4.98 Å². The summed E-state index contributed by atoms with van der Waals surface area (Å²) in [5.41, 5.74) is 3.87. The second kappa shape index (κ2) is 8.94. The Labute approximate surface area is 215 Å². The fraction of sp³-hybridized carbons (Fsp3) is 0.148. The van der Waals surface area contributed by atoms with Crippen molar-refractivity contribution in [2.45, 2.75) is 13.0 Å². The van der Waals surface area contributed by atoms with Gasteiger partial charge in [0, 0.05) is 29.8 Å². The monoisotopic (exact) mass is 547 g/mol. The van der Waals surface area contributed by atoms with Crippen LogP contribution in [0.2, 0.25) is 0 Å². The summed E-state index contributed by atoms with van der Waals surface area (Å²) >= 11 is 4.81. The van der Waals surface area contributed by atoms with Crippen LogP contribution in [0.1, 0.15) is 22.7 Å². The Hall–Kier alpha value is -3.49. The molecular weight excluding hydrogens is 526 g/mol. The Morgan fingerprint density at radius 1 is 1.06 bits per heavy atom. The van der Waals surface area contributed by atoms with Gasteiger partial charge < -0.3 is 10.0 Å². The van der Waals surface area contributed by atoms with Crippen LogP contribution in [0.25, 0.3) is 16.0 Å². The van der Waals surface area contributed by atoms with Crippen molar-refractivity contribution in [2.75, 3.05) is 23.9 Å². The van der Waals surface area contributed by atoms with E-state index in [-0.39, 0.29) is 11.3 Å². The van der Waals surface area contributed by atoms with Gasteiger partial charge in [-0.15, -0.1) is 0 Å². The zero-order valence-corrected chi connectivity index (χ0v) is 21.7. The van der Waals surface area contributed by atoms with Crippen LogP contribution in [-0.4, -0.2) is 35.9 Å². The third-order valence-electron chi connectivity index (χ3n) is 6.09. The number of rotatable bonds is 4. The lowest BCUT2D eigenvalue weighted by molar-refractivity contribution is -0.132. The summed E-state index contributed by atoms with van der Waals surface area (Å²) in [6.45, 7) is 1.90. The van der Waals surface area contributed by atoms with Gasteiger partial charge in [0.05, 0.1) is 21.8 Å². The quantitative estimate of drug-likeness (QED) is 0.191. The Bertz CT molecular complexity index is 1470. The molecule has 2 heterocycles. The van der Waals surface area contributed by atoms with Crippen molar-refractivity contribution in [1.29, 1.82) is 0 Å². The zero-order valence-electron chi connectivity index (χ0n) is 19.3. The van der Waals surface area contributed by atoms with Crippen LogP contribution in [-0.2, 0) is 9.59 Å². The van der Waals surface area contributed by atoms with Gasteiger partial charge in [0.25, 0.3) is 5.78 Å². The molecule has 1 unspecified atom stereocenters. The van der Waals surface area contributed by atoms with Crippen LogP contribution >= 0.6 is 27.3 Å². The molecule has 1 amide bonds. The van der Waals surface area contributed by atoms with E-state index in [1.165, 1.54) is 16.2 Å². The van der Waals surface area contributed by atoms with E-state index in [4.69, 9.17) is 0 Å². The predicted octanol–water partition coefficient (Wildman–Crippen LogP) is 6.06. The number of thiazole rings is 1. The molecule has 5 rings (SSSR count). The van der Waals surface area contributed by atoms with E-state index in [9.17, 15) is 14.7 Å². The summed E-state index contributed by atoms with van der Waals surface area (Å²) in [5, 5.41) is 11.8. The first-order chi connectivity index (χ1) is 16.8. The Morgan fingerprint density at radius 3 is 2.43 bits per heavy atom. The van der Waals surface area contributed by atoms with Crippen molar-refractivity contribution in [3.63, 3.8) is 0 Å². The molecule has 1 saturated heterocycles. The molecule has 1 aromatic heterocycles. The number of hydrogen-bond donors (Lipinski definition) is 1. The van der Waals surface area contributed by atoms with Gasteiger partial charge in [-0.05, 0) is 54.4 Å². The first-order valence-corrected chi connectivity index (χ1v) is 12.6. The standard InChI is InChI=1S/C27H22BrN3O3S/c1-15-14-17(10-13-19(15)28)24(32)22-23(16-8-11-18(12-9-16)30(2)3)31(26(34)25(22)33)27-29-20-6-4-5-7-21(20)35-27/h4-14,23,32H,1-3H3/b24-22+. The maximum atomic E-state index is 13.4. The van der Waals surface area contributed by atoms with E-state index in [2.05, 4.69) is 20.9 Å². The fourth-order valence-corrected chi connectivity index (χ4v) is 5.45. The van der Waals surface area contributed by atoms with Crippen molar-refractivity contribution >= 4 is 65.8 Å². The number of Topliss-reactive ketones (excluding diaryl/α,β-unsaturated/α-hetero) is 1. The number of carbonyl (C=O) groups excluding carboxylic acids is 2. The highest BCUT2D eigenvalue weighted by atomic mass is 79.9. The average Bonchev–Trinajstić information content (AvgIpc) is 3.39. The van der Waals surface area contributed by atoms with Crippen molar-refractivity contribution in [3.05, 3.63) is 93.5 Å². The Balaban J connectivity index is 1.72. The SMILES string of the molecule is Cc1cc(/C(O)=C2\C(=O)C(=O)N(c3nc4ccccc4s3)C2c2ccc(N(C)C)cc2)ccc1Br.